The summed E-state index contributed by atoms with van der Waals surface area (Å²) in [6.45, 7) is 1.22. The number of hydrogen-bond donors (Lipinski definition) is 0. The van der Waals surface area contributed by atoms with Crippen molar-refractivity contribution in [2.24, 2.45) is 5.92 Å². The van der Waals surface area contributed by atoms with Crippen LogP contribution in [0.2, 0.25) is 0 Å². The molecule has 31 heavy (non-hydrogen) atoms. The first kappa shape index (κ1) is 19.9. The van der Waals surface area contributed by atoms with Crippen molar-refractivity contribution in [2.45, 2.75) is 24.7 Å². The van der Waals surface area contributed by atoms with Crippen LogP contribution in [0.4, 0.5) is 0 Å². The van der Waals surface area contributed by atoms with Crippen LogP contribution in [-0.2, 0) is 11.9 Å². The van der Waals surface area contributed by atoms with Gasteiger partial charge in [0.2, 0.25) is 0 Å². The molecular weight excluding hydrogens is 456 g/mol. The largest absolute Gasteiger partial charge is 0.420 e. The van der Waals surface area contributed by atoms with E-state index in [0.29, 0.717) is 41.0 Å². The SMILES string of the molecule is O=C(Oc1c2c(cc3c(CBr)ccnc13)CN(CC1CC=CC1)C2=O)c1ccccc1. The number of pyridine rings is 1. The molecule has 0 unspecified atom stereocenters. The van der Waals surface area contributed by atoms with Gasteiger partial charge in [0.15, 0.2) is 5.75 Å². The van der Waals surface area contributed by atoms with Crippen LogP contribution in [0.15, 0.2) is 60.8 Å². The minimum Gasteiger partial charge on any atom is -0.420 e. The van der Waals surface area contributed by atoms with Gasteiger partial charge in [-0.15, -0.1) is 0 Å². The maximum absolute atomic E-state index is 13.4. The molecule has 1 amide bonds. The molecule has 0 fully saturated rings. The quantitative estimate of drug-likeness (QED) is 0.218. The Bertz CT molecular complexity index is 1200. The average Bonchev–Trinajstić information content (AvgIpc) is 3.42. The summed E-state index contributed by atoms with van der Waals surface area (Å²) >= 11 is 3.53. The molecular formula is C25H21BrN2O3. The molecule has 5 nitrogen and oxygen atoms in total. The number of carbonyl (C=O) groups is 2. The standard InChI is InChI=1S/C25H21BrN2O3/c26-13-18-10-11-27-22-20(18)12-19-15-28(14-16-6-4-5-7-16)24(29)21(19)23(22)31-25(30)17-8-2-1-3-9-17/h1-5,8-12,16H,6-7,13-15H2. The predicted molar refractivity (Wildman–Crippen MR) is 122 cm³/mol. The fourth-order valence-electron chi connectivity index (χ4n) is 4.38. The Morgan fingerprint density at radius 2 is 1.94 bits per heavy atom. The number of fused-ring (bicyclic) bond motifs is 2. The van der Waals surface area contributed by atoms with Gasteiger partial charge >= 0.3 is 5.97 Å². The Hall–Kier alpha value is -2.99. The molecule has 6 heteroatoms. The highest BCUT2D eigenvalue weighted by Gasteiger charge is 2.35. The van der Waals surface area contributed by atoms with Crippen molar-refractivity contribution in [3.63, 3.8) is 0 Å². The Kier molecular flexibility index (Phi) is 5.32. The van der Waals surface area contributed by atoms with Gasteiger partial charge in [-0.3, -0.25) is 9.78 Å². The third-order valence-corrected chi connectivity index (χ3v) is 6.56. The lowest BCUT2D eigenvalue weighted by atomic mass is 10.0. The molecule has 0 radical (unpaired) electrons. The molecule has 0 atom stereocenters. The molecule has 2 heterocycles. The van der Waals surface area contributed by atoms with Crippen LogP contribution in [-0.4, -0.2) is 28.3 Å². The molecule has 2 aliphatic rings. The molecule has 0 saturated carbocycles. The number of hydrogen-bond acceptors (Lipinski definition) is 4. The maximum atomic E-state index is 13.4. The third-order valence-electron chi connectivity index (χ3n) is 5.96. The van der Waals surface area contributed by atoms with Crippen molar-refractivity contribution in [2.75, 3.05) is 6.54 Å². The van der Waals surface area contributed by atoms with Gasteiger partial charge < -0.3 is 9.64 Å². The highest BCUT2D eigenvalue weighted by atomic mass is 79.9. The average molecular weight is 477 g/mol. The van der Waals surface area contributed by atoms with Gasteiger partial charge in [-0.1, -0.05) is 46.3 Å². The molecule has 0 spiro atoms. The number of benzene rings is 2. The van der Waals surface area contributed by atoms with E-state index in [1.54, 1.807) is 30.5 Å². The minimum atomic E-state index is -0.493. The van der Waals surface area contributed by atoms with E-state index < -0.39 is 5.97 Å². The van der Waals surface area contributed by atoms with Crippen molar-refractivity contribution in [1.82, 2.24) is 9.88 Å². The second kappa shape index (κ2) is 8.27. The molecule has 1 aromatic heterocycles. The lowest BCUT2D eigenvalue weighted by Gasteiger charge is -2.20. The fraction of sp³-hybridized carbons (Fsp3) is 0.240. The summed E-state index contributed by atoms with van der Waals surface area (Å²) in [5.41, 5.74) is 3.36. The van der Waals surface area contributed by atoms with E-state index >= 15 is 0 Å². The first-order valence-electron chi connectivity index (χ1n) is 10.4. The topological polar surface area (TPSA) is 59.5 Å². The zero-order chi connectivity index (χ0) is 21.4. The molecule has 3 aromatic rings. The van der Waals surface area contributed by atoms with Crippen molar-refractivity contribution >= 4 is 38.7 Å². The highest BCUT2D eigenvalue weighted by molar-refractivity contribution is 9.08. The molecule has 5 rings (SSSR count). The van der Waals surface area contributed by atoms with E-state index in [-0.39, 0.29) is 11.7 Å². The van der Waals surface area contributed by atoms with E-state index in [2.05, 4.69) is 33.1 Å². The van der Waals surface area contributed by atoms with E-state index in [1.165, 1.54) is 0 Å². The summed E-state index contributed by atoms with van der Waals surface area (Å²) in [4.78, 5) is 32.7. The normalized spacial score (nSPS) is 15.6. The van der Waals surface area contributed by atoms with Crippen LogP contribution >= 0.6 is 15.9 Å². The van der Waals surface area contributed by atoms with E-state index in [0.717, 1.165) is 29.4 Å². The third kappa shape index (κ3) is 3.65. The van der Waals surface area contributed by atoms with Gasteiger partial charge in [-0.2, -0.15) is 0 Å². The predicted octanol–water partition coefficient (Wildman–Crippen LogP) is 5.27. The fourth-order valence-corrected chi connectivity index (χ4v) is 4.87. The van der Waals surface area contributed by atoms with Crippen LogP contribution in [0, 0.1) is 5.92 Å². The Morgan fingerprint density at radius 3 is 2.68 bits per heavy atom. The van der Waals surface area contributed by atoms with Crippen molar-refractivity contribution in [1.29, 1.82) is 0 Å². The van der Waals surface area contributed by atoms with Gasteiger partial charge in [0.25, 0.3) is 5.91 Å². The zero-order valence-electron chi connectivity index (χ0n) is 16.9. The van der Waals surface area contributed by atoms with Crippen LogP contribution in [0.3, 0.4) is 0 Å². The van der Waals surface area contributed by atoms with Gasteiger partial charge in [0, 0.05) is 30.0 Å². The lowest BCUT2D eigenvalue weighted by molar-refractivity contribution is 0.0722. The van der Waals surface area contributed by atoms with Crippen LogP contribution in [0.1, 0.15) is 44.7 Å². The second-order valence-electron chi connectivity index (χ2n) is 7.99. The smallest absolute Gasteiger partial charge is 0.343 e. The summed E-state index contributed by atoms with van der Waals surface area (Å²) in [6.07, 6.45) is 8.02. The summed E-state index contributed by atoms with van der Waals surface area (Å²) in [6, 6.07) is 12.8. The number of carbonyl (C=O) groups excluding carboxylic acids is 2. The van der Waals surface area contributed by atoms with Gasteiger partial charge in [-0.25, -0.2) is 4.79 Å². The van der Waals surface area contributed by atoms with Crippen molar-refractivity contribution in [3.8, 4) is 5.75 Å². The van der Waals surface area contributed by atoms with Gasteiger partial charge in [0.1, 0.15) is 5.52 Å². The second-order valence-corrected chi connectivity index (χ2v) is 8.55. The first-order chi connectivity index (χ1) is 15.2. The number of alkyl halides is 1. The molecule has 156 valence electrons. The maximum Gasteiger partial charge on any atom is 0.343 e. The Morgan fingerprint density at radius 1 is 1.16 bits per heavy atom. The Labute approximate surface area is 188 Å². The van der Waals surface area contributed by atoms with Gasteiger partial charge in [0.05, 0.1) is 11.1 Å². The number of halogens is 1. The number of esters is 1. The first-order valence-corrected chi connectivity index (χ1v) is 11.5. The van der Waals surface area contributed by atoms with Crippen LogP contribution in [0.25, 0.3) is 10.9 Å². The Balaban J connectivity index is 1.59. The van der Waals surface area contributed by atoms with E-state index in [4.69, 9.17) is 4.74 Å². The molecule has 0 N–H and O–H groups in total. The molecule has 0 saturated heterocycles. The highest BCUT2D eigenvalue weighted by Crippen LogP contribution is 2.39. The lowest BCUT2D eigenvalue weighted by Crippen LogP contribution is -2.29. The number of allylic oxidation sites excluding steroid dienone is 2. The van der Waals surface area contributed by atoms with Crippen molar-refractivity contribution < 1.29 is 14.3 Å². The van der Waals surface area contributed by atoms with Crippen molar-refractivity contribution in [3.05, 3.63) is 83.1 Å². The summed E-state index contributed by atoms with van der Waals surface area (Å²) in [5.74, 6) is 0.124. The van der Waals surface area contributed by atoms with E-state index in [1.807, 2.05) is 23.1 Å². The summed E-state index contributed by atoms with van der Waals surface area (Å²) < 4.78 is 5.87. The zero-order valence-corrected chi connectivity index (χ0v) is 18.5. The molecule has 2 aromatic carbocycles. The molecule has 1 aliphatic heterocycles. The monoisotopic (exact) mass is 476 g/mol. The number of amides is 1. The number of ether oxygens (including phenoxy) is 1. The van der Waals surface area contributed by atoms with Crippen LogP contribution in [0.5, 0.6) is 5.75 Å². The summed E-state index contributed by atoms with van der Waals surface area (Å²) in [5, 5.41) is 1.54. The number of nitrogens with zero attached hydrogens (tertiary/aromatic N) is 2. The molecule has 1 aliphatic carbocycles. The summed E-state index contributed by atoms with van der Waals surface area (Å²) in [7, 11) is 0. The number of aromatic nitrogens is 1. The van der Waals surface area contributed by atoms with Crippen LogP contribution < -0.4 is 4.74 Å². The minimum absolute atomic E-state index is 0.0919. The number of rotatable bonds is 5. The van der Waals surface area contributed by atoms with E-state index in [9.17, 15) is 9.59 Å². The van der Waals surface area contributed by atoms with Gasteiger partial charge in [-0.05, 0) is 54.2 Å². The molecule has 0 bridgehead atoms.